The van der Waals surface area contributed by atoms with Crippen LogP contribution >= 0.6 is 0 Å². The number of methoxy groups -OCH3 is 2. The van der Waals surface area contributed by atoms with Gasteiger partial charge in [-0.3, -0.25) is 4.79 Å². The summed E-state index contributed by atoms with van der Waals surface area (Å²) in [5.74, 6) is 1.14. The molecule has 11 heteroatoms. The number of rotatable bonds is 13. The molecule has 0 saturated carbocycles. The van der Waals surface area contributed by atoms with Crippen molar-refractivity contribution in [1.29, 1.82) is 0 Å². The summed E-state index contributed by atoms with van der Waals surface area (Å²) >= 11 is 0. The minimum absolute atomic E-state index is 0.0467. The van der Waals surface area contributed by atoms with Crippen LogP contribution in [-0.2, 0) is 0 Å². The van der Waals surface area contributed by atoms with Gasteiger partial charge in [-0.2, -0.15) is 4.98 Å². The summed E-state index contributed by atoms with van der Waals surface area (Å²) in [6.07, 6.45) is 0.810. The number of aromatic nitrogens is 2. The maximum absolute atomic E-state index is 13.9. The topological polar surface area (TPSA) is 118 Å². The molecule has 0 radical (unpaired) electrons. The first-order chi connectivity index (χ1) is 21.8. The molecule has 236 valence electrons. The Morgan fingerprint density at radius 1 is 0.889 bits per heavy atom. The van der Waals surface area contributed by atoms with Crippen LogP contribution in [0.1, 0.15) is 35.3 Å². The molecule has 1 aromatic heterocycles. The fraction of sp³-hybridized carbons (Fsp3) is 0.294. The lowest BCUT2D eigenvalue weighted by Crippen LogP contribution is -2.34. The van der Waals surface area contributed by atoms with E-state index >= 15 is 0 Å². The lowest BCUT2D eigenvalue weighted by molar-refractivity contribution is 0.0949. The first kappa shape index (κ1) is 32.7. The molecule has 45 heavy (non-hydrogen) atoms. The van der Waals surface area contributed by atoms with Gasteiger partial charge in [-0.1, -0.05) is 32.0 Å². The third-order valence-electron chi connectivity index (χ3n) is 7.31. The molecule has 3 aromatic carbocycles. The van der Waals surface area contributed by atoms with E-state index in [9.17, 15) is 9.59 Å². The zero-order valence-corrected chi connectivity index (χ0v) is 26.6. The van der Waals surface area contributed by atoms with Crippen molar-refractivity contribution >= 4 is 35.0 Å². The van der Waals surface area contributed by atoms with Crippen LogP contribution in [0.5, 0.6) is 17.4 Å². The van der Waals surface area contributed by atoms with Gasteiger partial charge in [-0.15, -0.1) is 0 Å². The summed E-state index contributed by atoms with van der Waals surface area (Å²) in [5.41, 5.74) is 4.09. The number of carbonyl (C=O) groups is 2. The molecule has 4 rings (SSSR count). The number of amides is 2. The highest BCUT2D eigenvalue weighted by Crippen LogP contribution is 2.39. The summed E-state index contributed by atoms with van der Waals surface area (Å²) in [7, 11) is 3.09. The van der Waals surface area contributed by atoms with Crippen molar-refractivity contribution in [2.45, 2.75) is 27.7 Å². The highest BCUT2D eigenvalue weighted by molar-refractivity contribution is 6.00. The van der Waals surface area contributed by atoms with Gasteiger partial charge in [-0.25, -0.2) is 14.7 Å². The number of hydrogen-bond acceptors (Lipinski definition) is 9. The second-order valence-electron chi connectivity index (χ2n) is 10.2. The molecule has 11 nitrogen and oxygen atoms in total. The molecular formula is C34H40N6O5. The largest absolute Gasteiger partial charge is 0.497 e. The van der Waals surface area contributed by atoms with Gasteiger partial charge in [-0.05, 0) is 74.5 Å². The zero-order valence-electron chi connectivity index (χ0n) is 26.6. The predicted octanol–water partition coefficient (Wildman–Crippen LogP) is 6.26. The van der Waals surface area contributed by atoms with Crippen molar-refractivity contribution in [1.82, 2.24) is 20.2 Å². The number of para-hydroxylation sites is 1. The molecule has 0 spiro atoms. The van der Waals surface area contributed by atoms with Gasteiger partial charge in [0, 0.05) is 42.7 Å². The third-order valence-corrected chi connectivity index (χ3v) is 7.31. The molecular weight excluding hydrogens is 572 g/mol. The summed E-state index contributed by atoms with van der Waals surface area (Å²) < 4.78 is 16.8. The number of nitrogens with one attached hydrogen (secondary N) is 2. The van der Waals surface area contributed by atoms with Crippen molar-refractivity contribution < 1.29 is 23.8 Å². The number of likely N-dealkylation sites (N-methyl/N-ethyl adjacent to an activating group) is 1. The molecule has 0 unspecified atom stereocenters. The van der Waals surface area contributed by atoms with E-state index in [0.29, 0.717) is 40.7 Å². The Kier molecular flexibility index (Phi) is 11.3. The second-order valence-corrected chi connectivity index (χ2v) is 10.2. The van der Waals surface area contributed by atoms with Gasteiger partial charge in [0.2, 0.25) is 11.8 Å². The molecule has 0 atom stereocenters. The monoisotopic (exact) mass is 612 g/mol. The smallest absolute Gasteiger partial charge is 0.425 e. The average Bonchev–Trinajstić information content (AvgIpc) is 3.05. The van der Waals surface area contributed by atoms with E-state index in [1.807, 2.05) is 32.0 Å². The fourth-order valence-electron chi connectivity index (χ4n) is 4.84. The molecule has 0 bridgehead atoms. The van der Waals surface area contributed by atoms with E-state index in [-0.39, 0.29) is 17.7 Å². The van der Waals surface area contributed by atoms with Crippen LogP contribution < -0.4 is 29.7 Å². The van der Waals surface area contributed by atoms with Gasteiger partial charge in [0.25, 0.3) is 5.91 Å². The Morgan fingerprint density at radius 2 is 1.60 bits per heavy atom. The van der Waals surface area contributed by atoms with Crippen molar-refractivity contribution in [2.24, 2.45) is 0 Å². The van der Waals surface area contributed by atoms with Crippen LogP contribution in [0.4, 0.5) is 27.8 Å². The van der Waals surface area contributed by atoms with Crippen molar-refractivity contribution in [2.75, 3.05) is 50.6 Å². The molecule has 4 aromatic rings. The first-order valence-electron chi connectivity index (χ1n) is 14.8. The van der Waals surface area contributed by atoms with Crippen molar-refractivity contribution in [3.8, 4) is 17.4 Å². The van der Waals surface area contributed by atoms with Crippen molar-refractivity contribution in [3.05, 3.63) is 89.6 Å². The van der Waals surface area contributed by atoms with Crippen LogP contribution in [0.3, 0.4) is 0 Å². The van der Waals surface area contributed by atoms with Crippen LogP contribution in [0.2, 0.25) is 0 Å². The number of hydrogen-bond donors (Lipinski definition) is 2. The normalized spacial score (nSPS) is 10.7. The maximum Gasteiger partial charge on any atom is 0.425 e. The molecule has 0 aliphatic heterocycles. The Hall–Kier alpha value is -5.16. The van der Waals surface area contributed by atoms with Crippen LogP contribution in [0.25, 0.3) is 0 Å². The predicted molar refractivity (Wildman–Crippen MR) is 176 cm³/mol. The van der Waals surface area contributed by atoms with Crippen LogP contribution in [0, 0.1) is 13.8 Å². The molecule has 2 amide bonds. The number of carbonyl (C=O) groups excluding carboxylic acids is 2. The van der Waals surface area contributed by atoms with E-state index in [4.69, 9.17) is 14.2 Å². The van der Waals surface area contributed by atoms with Gasteiger partial charge in [0.15, 0.2) is 0 Å². The fourth-order valence-corrected chi connectivity index (χ4v) is 4.84. The minimum atomic E-state index is -0.683. The SMILES string of the molecule is CCN(CC)CCNC(=O)c1ccc(Nc2nccc(OC(=O)N(c3ccc(OC)cc3OC)c3c(C)cccc3C)n2)cc1. The summed E-state index contributed by atoms with van der Waals surface area (Å²) in [4.78, 5) is 38.8. The Balaban J connectivity index is 1.51. The average molecular weight is 613 g/mol. The second kappa shape index (κ2) is 15.5. The number of ether oxygens (including phenoxy) is 3. The molecule has 0 aliphatic rings. The lowest BCUT2D eigenvalue weighted by atomic mass is 10.1. The molecule has 2 N–H and O–H groups in total. The van der Waals surface area contributed by atoms with E-state index in [1.165, 1.54) is 24.3 Å². The number of anilines is 4. The maximum atomic E-state index is 13.9. The Labute approximate surface area is 264 Å². The van der Waals surface area contributed by atoms with Gasteiger partial charge >= 0.3 is 6.09 Å². The first-order valence-corrected chi connectivity index (χ1v) is 14.8. The number of nitrogens with zero attached hydrogens (tertiary/aromatic N) is 4. The number of benzene rings is 3. The number of aryl methyl sites for hydroxylation is 2. The molecule has 1 heterocycles. The third kappa shape index (κ3) is 8.27. The van der Waals surface area contributed by atoms with E-state index in [1.54, 1.807) is 49.6 Å². The summed E-state index contributed by atoms with van der Waals surface area (Å²) in [5, 5.41) is 6.05. The quantitative estimate of drug-likeness (QED) is 0.180. The highest BCUT2D eigenvalue weighted by Gasteiger charge is 2.27. The van der Waals surface area contributed by atoms with E-state index in [2.05, 4.69) is 39.3 Å². The lowest BCUT2D eigenvalue weighted by Gasteiger charge is -2.27. The van der Waals surface area contributed by atoms with Gasteiger partial charge < -0.3 is 29.7 Å². The standard InChI is InChI=1S/C34H40N6O5/c1-7-39(8-2)21-20-35-32(41)25-12-14-26(15-13-25)37-33-36-19-18-30(38-33)45-34(42)40(31-23(3)10-9-11-24(31)4)28-17-16-27(43-5)22-29(28)44-6/h9-19,22H,7-8,20-21H2,1-6H3,(H,35,41)(H,36,37,38). The van der Waals surface area contributed by atoms with Crippen molar-refractivity contribution in [3.63, 3.8) is 0 Å². The van der Waals surface area contributed by atoms with E-state index in [0.717, 1.165) is 30.8 Å². The molecule has 0 aliphatic carbocycles. The zero-order chi connectivity index (χ0) is 32.3. The van der Waals surface area contributed by atoms with Crippen LogP contribution in [-0.4, -0.2) is 67.3 Å². The van der Waals surface area contributed by atoms with Gasteiger partial charge in [0.05, 0.1) is 25.6 Å². The van der Waals surface area contributed by atoms with Gasteiger partial charge in [0.1, 0.15) is 11.5 Å². The Bertz CT molecular complexity index is 1590. The van der Waals surface area contributed by atoms with E-state index < -0.39 is 6.09 Å². The van der Waals surface area contributed by atoms with Crippen LogP contribution in [0.15, 0.2) is 72.9 Å². The highest BCUT2D eigenvalue weighted by atomic mass is 16.6. The molecule has 0 saturated heterocycles. The minimum Gasteiger partial charge on any atom is -0.497 e. The summed E-state index contributed by atoms with van der Waals surface area (Å²) in [6, 6.07) is 19.5. The Morgan fingerprint density at radius 3 is 2.24 bits per heavy atom. The summed E-state index contributed by atoms with van der Waals surface area (Å²) in [6.45, 7) is 11.3. The molecule has 0 fully saturated rings.